The fraction of sp³-hybridized carbons (Fsp3) is 0.455. The topological polar surface area (TPSA) is 183 Å². The molecule has 368 valence electrons. The Kier molecular flexibility index (Phi) is 16.5. The van der Waals surface area contributed by atoms with Crippen LogP contribution in [0.25, 0.3) is 22.3 Å². The summed E-state index contributed by atoms with van der Waals surface area (Å²) < 4.78 is 29.6. The van der Waals surface area contributed by atoms with Gasteiger partial charge in [0.25, 0.3) is 29.5 Å². The van der Waals surface area contributed by atoms with Crippen LogP contribution in [-0.2, 0) is 0 Å². The predicted molar refractivity (Wildman–Crippen MR) is 264 cm³/mol. The van der Waals surface area contributed by atoms with Crippen LogP contribution in [0.3, 0.4) is 0 Å². The molecular formula is C55H67F2N5O7. The maximum absolute atomic E-state index is 15.0. The van der Waals surface area contributed by atoms with Crippen molar-refractivity contribution in [2.75, 3.05) is 19.6 Å². The Morgan fingerprint density at radius 2 is 0.928 bits per heavy atom. The second-order valence-corrected chi connectivity index (χ2v) is 21.3. The summed E-state index contributed by atoms with van der Waals surface area (Å²) in [5, 5.41) is 24.2. The first-order chi connectivity index (χ1) is 32.5. The number of amides is 5. The first-order valence-electron chi connectivity index (χ1n) is 24.1. The lowest BCUT2D eigenvalue weighted by atomic mass is 9.89. The van der Waals surface area contributed by atoms with Crippen LogP contribution in [-0.4, -0.2) is 72.3 Å². The minimum absolute atomic E-state index is 0.0913. The van der Waals surface area contributed by atoms with Crippen molar-refractivity contribution in [3.05, 3.63) is 117 Å². The maximum atomic E-state index is 15.0. The first-order valence-corrected chi connectivity index (χ1v) is 24.1. The number of carboxylic acids is 1. The second-order valence-electron chi connectivity index (χ2n) is 21.3. The summed E-state index contributed by atoms with van der Waals surface area (Å²) in [6.07, 6.45) is 9.40. The molecule has 0 spiro atoms. The standard InChI is InChI=1S/C31H40FN3O3.C24H27FN2O4/c1-19-25(15-22(16-27(19)32)29(37)35-23-11-12-23)24-13-10-21(28(36)34-18-31(2,3)4)14-26(24)30(38)33-17-20-8-6-5-7-9-20;1-13-18(10-15(11-20(13)25)22(29)27-16-6-7-16)17-8-5-14(9-19(17)23(30)31)21(28)26-12-24(2,3)4/h10,13-16,20,23H,5-9,11-12,17-18H2,1-4H3,(H,33,38)(H,34,36)(H,35,37);5,8-11,16H,6-7,12H2,1-4H3,(H,26,28)(H,27,29)(H,30,31). The Morgan fingerprint density at radius 1 is 0.507 bits per heavy atom. The van der Waals surface area contributed by atoms with Crippen molar-refractivity contribution in [2.24, 2.45) is 16.7 Å². The number of nitrogens with one attached hydrogen (secondary N) is 5. The summed E-state index contributed by atoms with van der Waals surface area (Å²) in [6, 6.07) is 15.0. The number of carbonyl (C=O) groups excluding carboxylic acids is 5. The molecule has 12 nitrogen and oxygen atoms in total. The van der Waals surface area contributed by atoms with E-state index < -0.39 is 23.5 Å². The third kappa shape index (κ3) is 14.5. The Bertz CT molecular complexity index is 2620. The molecule has 3 aliphatic rings. The van der Waals surface area contributed by atoms with E-state index in [2.05, 4.69) is 26.6 Å². The highest BCUT2D eigenvalue weighted by atomic mass is 19.1. The van der Waals surface area contributed by atoms with Gasteiger partial charge in [-0.2, -0.15) is 0 Å². The number of carbonyl (C=O) groups is 6. The van der Waals surface area contributed by atoms with E-state index in [1.165, 1.54) is 56.5 Å². The minimum Gasteiger partial charge on any atom is -0.478 e. The Hall–Kier alpha value is -6.44. The van der Waals surface area contributed by atoms with Gasteiger partial charge in [0, 0.05) is 59.5 Å². The second kappa shape index (κ2) is 21.9. The van der Waals surface area contributed by atoms with Crippen LogP contribution in [0, 0.1) is 42.2 Å². The van der Waals surface area contributed by atoms with Crippen LogP contribution < -0.4 is 26.6 Å². The van der Waals surface area contributed by atoms with Crippen molar-refractivity contribution in [1.29, 1.82) is 0 Å². The van der Waals surface area contributed by atoms with Gasteiger partial charge in [0.05, 0.1) is 5.56 Å². The van der Waals surface area contributed by atoms with Gasteiger partial charge in [0.1, 0.15) is 11.6 Å². The van der Waals surface area contributed by atoms with Crippen molar-refractivity contribution < 1.29 is 42.7 Å². The lowest BCUT2D eigenvalue weighted by molar-refractivity contribution is 0.0696. The Labute approximate surface area is 404 Å². The molecule has 6 N–H and O–H groups in total. The summed E-state index contributed by atoms with van der Waals surface area (Å²) >= 11 is 0. The molecule has 3 aliphatic carbocycles. The third-order valence-corrected chi connectivity index (χ3v) is 12.5. The van der Waals surface area contributed by atoms with Gasteiger partial charge in [-0.25, -0.2) is 13.6 Å². The van der Waals surface area contributed by atoms with Crippen LogP contribution in [0.2, 0.25) is 0 Å². The summed E-state index contributed by atoms with van der Waals surface area (Å²) in [5.74, 6) is -3.59. The highest BCUT2D eigenvalue weighted by Gasteiger charge is 2.28. The Morgan fingerprint density at radius 3 is 1.33 bits per heavy atom. The molecule has 0 radical (unpaired) electrons. The van der Waals surface area contributed by atoms with Crippen molar-refractivity contribution in [3.8, 4) is 22.3 Å². The molecule has 0 atom stereocenters. The number of aromatic carboxylic acids is 1. The molecule has 4 aromatic carbocycles. The molecule has 0 unspecified atom stereocenters. The molecule has 3 fully saturated rings. The number of hydrogen-bond donors (Lipinski definition) is 6. The average Bonchev–Trinajstić information content (AvgIpc) is 4.26. The zero-order valence-corrected chi connectivity index (χ0v) is 41.1. The summed E-state index contributed by atoms with van der Waals surface area (Å²) in [5.41, 5.74) is 2.96. The lowest BCUT2D eigenvalue weighted by Gasteiger charge is -2.22. The lowest BCUT2D eigenvalue weighted by Crippen LogP contribution is -2.33. The van der Waals surface area contributed by atoms with Crippen molar-refractivity contribution >= 4 is 35.5 Å². The molecule has 0 bridgehead atoms. The highest BCUT2D eigenvalue weighted by molar-refractivity contribution is 6.06. The molecule has 4 aromatic rings. The molecule has 0 aliphatic heterocycles. The van der Waals surface area contributed by atoms with Gasteiger partial charge < -0.3 is 31.7 Å². The normalized spacial score (nSPS) is 15.0. The zero-order chi connectivity index (χ0) is 50.4. The number of benzene rings is 4. The quantitative estimate of drug-likeness (QED) is 0.0727. The van der Waals surface area contributed by atoms with Crippen molar-refractivity contribution in [3.63, 3.8) is 0 Å². The number of hydrogen-bond acceptors (Lipinski definition) is 6. The Balaban J connectivity index is 0.000000232. The van der Waals surface area contributed by atoms with E-state index in [0.717, 1.165) is 44.6 Å². The molecule has 5 amide bonds. The largest absolute Gasteiger partial charge is 0.478 e. The zero-order valence-electron chi connectivity index (χ0n) is 41.1. The van der Waals surface area contributed by atoms with Gasteiger partial charge in [-0.15, -0.1) is 0 Å². The van der Waals surface area contributed by atoms with Crippen LogP contribution in [0.1, 0.15) is 173 Å². The van der Waals surface area contributed by atoms with Gasteiger partial charge in [-0.3, -0.25) is 24.0 Å². The molecule has 3 saturated carbocycles. The van der Waals surface area contributed by atoms with E-state index in [-0.39, 0.29) is 79.9 Å². The van der Waals surface area contributed by atoms with Crippen LogP contribution in [0.5, 0.6) is 0 Å². The van der Waals surface area contributed by atoms with Crippen molar-refractivity contribution in [1.82, 2.24) is 26.6 Å². The van der Waals surface area contributed by atoms with E-state index in [9.17, 15) is 38.3 Å². The molecule has 0 heterocycles. The van der Waals surface area contributed by atoms with Crippen molar-refractivity contribution in [2.45, 2.75) is 125 Å². The summed E-state index contributed by atoms with van der Waals surface area (Å²) in [6.45, 7) is 16.7. The molecule has 14 heteroatoms. The van der Waals surface area contributed by atoms with E-state index in [1.807, 2.05) is 41.5 Å². The number of carboxylic acid groups (broad SMARTS) is 1. The molecule has 0 saturated heterocycles. The number of rotatable bonds is 14. The fourth-order valence-electron chi connectivity index (χ4n) is 8.00. The van der Waals surface area contributed by atoms with Crippen LogP contribution in [0.4, 0.5) is 8.78 Å². The SMILES string of the molecule is Cc1c(F)cc(C(=O)NC2CC2)cc1-c1ccc(C(=O)NCC(C)(C)C)cc1C(=O)NCC1CCCCC1.Cc1c(F)cc(C(=O)NC2CC2)cc1-c1ccc(C(=O)NCC(C)(C)C)cc1C(=O)O. The first kappa shape index (κ1) is 51.9. The van der Waals surface area contributed by atoms with Crippen LogP contribution >= 0.6 is 0 Å². The van der Waals surface area contributed by atoms with Gasteiger partial charge in [0.2, 0.25) is 0 Å². The molecule has 69 heavy (non-hydrogen) atoms. The highest BCUT2D eigenvalue weighted by Crippen LogP contribution is 2.34. The van der Waals surface area contributed by atoms with Crippen LogP contribution in [0.15, 0.2) is 60.7 Å². The predicted octanol–water partition coefficient (Wildman–Crippen LogP) is 9.95. The van der Waals surface area contributed by atoms with E-state index in [4.69, 9.17) is 0 Å². The minimum atomic E-state index is -1.24. The summed E-state index contributed by atoms with van der Waals surface area (Å²) in [4.78, 5) is 76.0. The molecular weight excluding hydrogens is 881 g/mol. The summed E-state index contributed by atoms with van der Waals surface area (Å²) in [7, 11) is 0. The van der Waals surface area contributed by atoms with Gasteiger partial charge in [-0.1, -0.05) is 72.9 Å². The van der Waals surface area contributed by atoms with Gasteiger partial charge in [0.15, 0.2) is 0 Å². The fourth-order valence-corrected chi connectivity index (χ4v) is 8.00. The number of halogens is 2. The van der Waals surface area contributed by atoms with Gasteiger partial charge >= 0.3 is 5.97 Å². The van der Waals surface area contributed by atoms with Gasteiger partial charge in [-0.05, 0) is 151 Å². The maximum Gasteiger partial charge on any atom is 0.336 e. The van der Waals surface area contributed by atoms with E-state index >= 15 is 4.39 Å². The average molecular weight is 948 g/mol. The third-order valence-electron chi connectivity index (χ3n) is 12.5. The smallest absolute Gasteiger partial charge is 0.336 e. The van der Waals surface area contributed by atoms with E-state index in [1.54, 1.807) is 31.2 Å². The monoisotopic (exact) mass is 948 g/mol. The molecule has 7 rings (SSSR count). The molecule has 0 aromatic heterocycles. The van der Waals surface area contributed by atoms with E-state index in [0.29, 0.717) is 58.9 Å².